The van der Waals surface area contributed by atoms with Crippen LogP contribution in [0.5, 0.6) is 0 Å². The quantitative estimate of drug-likeness (QED) is 0.115. The van der Waals surface area contributed by atoms with Gasteiger partial charge < -0.3 is 6.92 Å². The van der Waals surface area contributed by atoms with Gasteiger partial charge in [-0.25, -0.2) is 0 Å². The summed E-state index contributed by atoms with van der Waals surface area (Å²) in [4.78, 5) is 0. The summed E-state index contributed by atoms with van der Waals surface area (Å²) >= 11 is -0.826. The van der Waals surface area contributed by atoms with Gasteiger partial charge in [0, 0.05) is 0 Å². The zero-order valence-electron chi connectivity index (χ0n) is 37.0. The van der Waals surface area contributed by atoms with Crippen LogP contribution in [0.1, 0.15) is 91.0 Å². The summed E-state index contributed by atoms with van der Waals surface area (Å²) in [5, 5.41) is 8.75. The Bertz CT molecular complexity index is 2030. The molecule has 5 heteroatoms. The van der Waals surface area contributed by atoms with Gasteiger partial charge in [0.1, 0.15) is 0 Å². The Hall–Kier alpha value is -2.00. The van der Waals surface area contributed by atoms with Crippen LogP contribution < -0.4 is 10.4 Å². The van der Waals surface area contributed by atoms with E-state index in [0.717, 1.165) is 0 Å². The van der Waals surface area contributed by atoms with Gasteiger partial charge in [0.05, 0.1) is 16.1 Å². The third-order valence-electron chi connectivity index (χ3n) is 11.6. The van der Waals surface area contributed by atoms with E-state index in [1.54, 1.807) is 6.92 Å². The van der Waals surface area contributed by atoms with Crippen LogP contribution in [0.4, 0.5) is 0 Å². The van der Waals surface area contributed by atoms with Crippen molar-refractivity contribution in [3.63, 3.8) is 0 Å². The van der Waals surface area contributed by atoms with Gasteiger partial charge in [-0.05, 0) is 50.7 Å². The minimum absolute atomic E-state index is 0.564. The summed E-state index contributed by atoms with van der Waals surface area (Å²) in [6.07, 6.45) is 0. The molecule has 0 aliphatic rings. The van der Waals surface area contributed by atoms with Gasteiger partial charge in [-0.2, -0.15) is 19.1 Å². The van der Waals surface area contributed by atoms with E-state index in [-0.39, 0.29) is 0 Å². The first-order chi connectivity index (χ1) is 25.6. The van der Waals surface area contributed by atoms with Gasteiger partial charge in [-0.3, -0.25) is 0 Å². The van der Waals surface area contributed by atoms with Gasteiger partial charge in [0.15, 0.2) is 0 Å². The van der Waals surface area contributed by atoms with Crippen molar-refractivity contribution in [2.75, 3.05) is 0 Å². The fraction of sp³-hybridized carbons (Fsp3) is 0.380. The van der Waals surface area contributed by atoms with Crippen molar-refractivity contribution in [2.24, 2.45) is 0 Å². The molecule has 6 rings (SSSR count). The fourth-order valence-corrected chi connectivity index (χ4v) is 9.86. The van der Waals surface area contributed by atoms with Crippen LogP contribution in [0.25, 0.3) is 43.8 Å². The van der Waals surface area contributed by atoms with Crippen LogP contribution >= 0.6 is 17.0 Å². The van der Waals surface area contributed by atoms with Gasteiger partial charge in [0.25, 0.3) is 0 Å². The molecule has 0 fully saturated rings. The number of benzene rings is 4. The molecule has 0 unspecified atom stereocenters. The zero-order chi connectivity index (χ0) is 41.7. The Morgan fingerprint density at radius 1 is 0.491 bits per heavy atom. The molecule has 0 aliphatic carbocycles. The molecule has 0 nitrogen and oxygen atoms in total. The fourth-order valence-electron chi connectivity index (χ4n) is 7.53. The summed E-state index contributed by atoms with van der Waals surface area (Å²) in [7, 11) is 7.36. The van der Waals surface area contributed by atoms with Crippen molar-refractivity contribution in [1.29, 1.82) is 0 Å². The van der Waals surface area contributed by atoms with E-state index in [4.69, 9.17) is 17.0 Å². The van der Waals surface area contributed by atoms with Crippen molar-refractivity contribution in [3.05, 3.63) is 124 Å². The molecule has 0 aromatic heterocycles. The normalized spacial score (nSPS) is 11.6. The van der Waals surface area contributed by atoms with E-state index in [0.29, 0.717) is 11.8 Å². The van der Waals surface area contributed by atoms with E-state index in [1.807, 2.05) is 0 Å². The summed E-state index contributed by atoms with van der Waals surface area (Å²) in [5.74, 6) is 1.13. The first-order valence-corrected chi connectivity index (χ1v) is 33.3. The topological polar surface area (TPSA) is 0 Å². The van der Waals surface area contributed by atoms with E-state index < -0.39 is 37.0 Å². The Labute approximate surface area is 356 Å². The molecular formula is C50H67Cl2Si2Zr-3. The Kier molecular flexibility index (Phi) is 16.9. The molecule has 6 aromatic carbocycles. The molecule has 0 saturated heterocycles. The zero-order valence-corrected chi connectivity index (χ0v) is 43.0. The summed E-state index contributed by atoms with van der Waals surface area (Å²) in [6.45, 7) is 42.2. The van der Waals surface area contributed by atoms with Crippen molar-refractivity contribution in [1.82, 2.24) is 0 Å². The predicted molar refractivity (Wildman–Crippen MR) is 255 cm³/mol. The minimum atomic E-state index is -1.26. The number of rotatable bonds is 6. The maximum absolute atomic E-state index is 4.93. The van der Waals surface area contributed by atoms with Gasteiger partial charge in [-0.1, -0.05) is 173 Å². The predicted octanol–water partition coefficient (Wildman–Crippen LogP) is 15.9. The van der Waals surface area contributed by atoms with Crippen molar-refractivity contribution < 1.29 is 20.8 Å². The monoisotopic (exact) mass is 883 g/mol. The van der Waals surface area contributed by atoms with Gasteiger partial charge in [-0.15, -0.1) is 55.9 Å². The van der Waals surface area contributed by atoms with Crippen molar-refractivity contribution in [2.45, 2.75) is 127 Å². The Morgan fingerprint density at radius 3 is 1.00 bits per heavy atom. The molecule has 0 spiro atoms. The average Bonchev–Trinajstić information content (AvgIpc) is 3.78. The van der Waals surface area contributed by atoms with E-state index in [1.165, 1.54) is 98.7 Å². The van der Waals surface area contributed by atoms with Crippen LogP contribution in [-0.4, -0.2) is 16.1 Å². The Morgan fingerprint density at radius 2 is 0.764 bits per heavy atom. The molecule has 0 aliphatic heterocycles. The number of hydrogen-bond donors (Lipinski definition) is 0. The molecule has 6 aromatic rings. The first-order valence-electron chi connectivity index (χ1n) is 19.9. The van der Waals surface area contributed by atoms with E-state index in [2.05, 4.69) is 188 Å². The molecule has 0 heterocycles. The SMILES string of the molecule is Cc1c(C)c(C)c2[cH-]c(C(C)C)cc2c1-c1ccc([Si](C)(C)C)cc1.Cc1c(C)c(C)c2[cH-]c(C(C)C)cc2c1-c1ccc([Si](C)(C)C)cc1.[CH2-]C.[Cl][Zr][Cl]. The number of fused-ring (bicyclic) bond motifs is 2. The summed E-state index contributed by atoms with van der Waals surface area (Å²) < 4.78 is 0. The molecule has 0 N–H and O–H groups in total. The molecule has 55 heavy (non-hydrogen) atoms. The number of halogens is 2. The standard InChI is InChI=1S/2C24H31Si.C2H5.2ClH.Zr/c2*1-15(2)20-13-22-17(4)16(3)18(5)24(23(22)14-20)19-9-11-21(12-10-19)25(6,7)8;1-2;;;/h2*9-15H,1-8H3;1H2,2H3;2*1H;/q3*-1;;;+2/p-2. The molecule has 0 bridgehead atoms. The molecule has 0 radical (unpaired) electrons. The second-order valence-electron chi connectivity index (χ2n) is 17.8. The Balaban J connectivity index is 0.000000265. The molecule has 0 saturated carbocycles. The maximum atomic E-state index is 4.93. The van der Waals surface area contributed by atoms with Crippen LogP contribution in [0.3, 0.4) is 0 Å². The van der Waals surface area contributed by atoms with Crippen molar-refractivity contribution in [3.8, 4) is 22.3 Å². The van der Waals surface area contributed by atoms with E-state index >= 15 is 0 Å². The second kappa shape index (κ2) is 19.6. The summed E-state index contributed by atoms with van der Waals surface area (Å²) in [6, 6.07) is 28.4. The van der Waals surface area contributed by atoms with Crippen molar-refractivity contribution >= 4 is 65.1 Å². The summed E-state index contributed by atoms with van der Waals surface area (Å²) in [5.41, 5.74) is 17.0. The van der Waals surface area contributed by atoms with Gasteiger partial charge >= 0.3 is 37.9 Å². The molecular weight excluding hydrogens is 819 g/mol. The van der Waals surface area contributed by atoms with Crippen LogP contribution in [0.15, 0.2) is 72.8 Å². The molecule has 296 valence electrons. The second-order valence-corrected chi connectivity index (χ2v) is 31.7. The first kappa shape index (κ1) is 47.4. The third-order valence-corrected chi connectivity index (χ3v) is 15.7. The molecule has 0 amide bonds. The molecule has 0 atom stereocenters. The number of hydrogen-bond acceptors (Lipinski definition) is 0. The van der Waals surface area contributed by atoms with E-state index in [9.17, 15) is 0 Å². The van der Waals surface area contributed by atoms with Crippen LogP contribution in [-0.2, 0) is 20.8 Å². The van der Waals surface area contributed by atoms with Crippen LogP contribution in [0, 0.1) is 48.5 Å². The average molecular weight is 886 g/mol. The van der Waals surface area contributed by atoms with Crippen LogP contribution in [0.2, 0.25) is 39.3 Å². The number of aryl methyl sites for hydroxylation is 2. The third kappa shape index (κ3) is 10.7. The van der Waals surface area contributed by atoms with Gasteiger partial charge in [0.2, 0.25) is 0 Å².